The van der Waals surface area contributed by atoms with Crippen LogP contribution < -0.4 is 14.4 Å². The third kappa shape index (κ3) is 3.29. The number of sulfonamides is 1. The van der Waals surface area contributed by atoms with E-state index in [2.05, 4.69) is 9.62 Å². The van der Waals surface area contributed by atoms with Crippen LogP contribution in [0.2, 0.25) is 0 Å². The number of ether oxygens (including phenoxy) is 2. The molecular formula is C18H20N2O4S. The van der Waals surface area contributed by atoms with E-state index in [0.29, 0.717) is 25.5 Å². The zero-order chi connectivity index (χ0) is 17.3. The molecule has 0 aromatic heterocycles. The average Bonchev–Trinajstić information content (AvgIpc) is 3.10. The first-order valence-corrected chi connectivity index (χ1v) is 9.82. The van der Waals surface area contributed by atoms with Crippen LogP contribution in [0.1, 0.15) is 5.56 Å². The van der Waals surface area contributed by atoms with E-state index in [-0.39, 0.29) is 4.90 Å². The fraction of sp³-hybridized carbons (Fsp3) is 0.333. The molecule has 132 valence electrons. The van der Waals surface area contributed by atoms with E-state index in [1.807, 2.05) is 18.2 Å². The van der Waals surface area contributed by atoms with E-state index in [1.54, 1.807) is 24.3 Å². The topological polar surface area (TPSA) is 67.9 Å². The molecule has 1 N–H and O–H groups in total. The van der Waals surface area contributed by atoms with Gasteiger partial charge in [-0.3, -0.25) is 4.72 Å². The Balaban J connectivity index is 1.63. The molecule has 6 nitrogen and oxygen atoms in total. The maximum atomic E-state index is 12.8. The lowest BCUT2D eigenvalue weighted by Gasteiger charge is -2.30. The second-order valence-corrected chi connectivity index (χ2v) is 7.77. The van der Waals surface area contributed by atoms with Crippen LogP contribution in [0.3, 0.4) is 0 Å². The first-order valence-electron chi connectivity index (χ1n) is 8.34. The van der Waals surface area contributed by atoms with E-state index in [4.69, 9.17) is 9.47 Å². The summed E-state index contributed by atoms with van der Waals surface area (Å²) in [6.45, 7) is 3.38. The lowest BCUT2D eigenvalue weighted by Crippen LogP contribution is -2.36. The summed E-state index contributed by atoms with van der Waals surface area (Å²) in [7, 11) is -3.66. The predicted octanol–water partition coefficient (Wildman–Crippen LogP) is 2.26. The quantitative estimate of drug-likeness (QED) is 0.906. The monoisotopic (exact) mass is 360 g/mol. The van der Waals surface area contributed by atoms with Gasteiger partial charge in [0.25, 0.3) is 10.0 Å². The first-order chi connectivity index (χ1) is 12.1. The van der Waals surface area contributed by atoms with Crippen molar-refractivity contribution in [1.29, 1.82) is 0 Å². The standard InChI is InChI=1S/C18H20N2O4S/c21-25(22,15-5-6-18-14(13-15)7-10-24-18)19-16-3-1-2-4-17(16)20-8-11-23-12-9-20/h1-6,13,19H,7-12H2. The Labute approximate surface area is 147 Å². The van der Waals surface area contributed by atoms with Crippen molar-refractivity contribution in [2.45, 2.75) is 11.3 Å². The zero-order valence-corrected chi connectivity index (χ0v) is 14.6. The number of benzene rings is 2. The Bertz CT molecular complexity index is 876. The second kappa shape index (κ2) is 6.57. The van der Waals surface area contributed by atoms with Crippen LogP contribution in [0.15, 0.2) is 47.4 Å². The first kappa shape index (κ1) is 16.2. The molecule has 1 fully saturated rings. The molecular weight excluding hydrogens is 340 g/mol. The summed E-state index contributed by atoms with van der Waals surface area (Å²) in [5, 5.41) is 0. The van der Waals surface area contributed by atoms with Gasteiger partial charge >= 0.3 is 0 Å². The van der Waals surface area contributed by atoms with Crippen LogP contribution >= 0.6 is 0 Å². The van der Waals surface area contributed by atoms with Gasteiger partial charge in [-0.05, 0) is 35.9 Å². The molecule has 0 spiro atoms. The molecule has 2 heterocycles. The number of nitrogens with one attached hydrogen (secondary N) is 1. The van der Waals surface area contributed by atoms with E-state index >= 15 is 0 Å². The molecule has 0 amide bonds. The van der Waals surface area contributed by atoms with Gasteiger partial charge < -0.3 is 14.4 Å². The van der Waals surface area contributed by atoms with Crippen LogP contribution in [0.25, 0.3) is 0 Å². The summed E-state index contributed by atoms with van der Waals surface area (Å²) < 4.78 is 39.3. The molecule has 0 atom stereocenters. The molecule has 0 unspecified atom stereocenters. The van der Waals surface area contributed by atoms with Crippen LogP contribution in [0.4, 0.5) is 11.4 Å². The number of rotatable bonds is 4. The van der Waals surface area contributed by atoms with E-state index in [9.17, 15) is 8.42 Å². The second-order valence-electron chi connectivity index (χ2n) is 6.09. The van der Waals surface area contributed by atoms with Crippen LogP contribution in [0.5, 0.6) is 5.75 Å². The molecule has 2 aliphatic rings. The Kier molecular flexibility index (Phi) is 4.27. The van der Waals surface area contributed by atoms with Gasteiger partial charge in [0.2, 0.25) is 0 Å². The summed E-state index contributed by atoms with van der Waals surface area (Å²) in [5.41, 5.74) is 2.39. The lowest BCUT2D eigenvalue weighted by molar-refractivity contribution is 0.123. The molecule has 0 aliphatic carbocycles. The van der Waals surface area contributed by atoms with Gasteiger partial charge in [-0.25, -0.2) is 8.42 Å². The summed E-state index contributed by atoms with van der Waals surface area (Å²) >= 11 is 0. The van der Waals surface area contributed by atoms with Gasteiger partial charge in [0.1, 0.15) is 5.75 Å². The molecule has 0 radical (unpaired) electrons. The molecule has 2 aliphatic heterocycles. The van der Waals surface area contributed by atoms with E-state index < -0.39 is 10.0 Å². The average molecular weight is 360 g/mol. The van der Waals surface area contributed by atoms with Crippen molar-refractivity contribution in [2.24, 2.45) is 0 Å². The normalized spacial score (nSPS) is 17.0. The van der Waals surface area contributed by atoms with Crippen LogP contribution in [-0.2, 0) is 21.2 Å². The van der Waals surface area contributed by atoms with Gasteiger partial charge in [-0.1, -0.05) is 12.1 Å². The van der Waals surface area contributed by atoms with Crippen molar-refractivity contribution in [1.82, 2.24) is 0 Å². The minimum atomic E-state index is -3.66. The molecule has 2 aromatic rings. The number of fused-ring (bicyclic) bond motifs is 1. The van der Waals surface area contributed by atoms with Crippen molar-refractivity contribution < 1.29 is 17.9 Å². The maximum absolute atomic E-state index is 12.8. The highest BCUT2D eigenvalue weighted by Gasteiger charge is 2.22. The fourth-order valence-electron chi connectivity index (χ4n) is 3.17. The van der Waals surface area contributed by atoms with Crippen LogP contribution in [-0.4, -0.2) is 41.3 Å². The minimum absolute atomic E-state index is 0.258. The van der Waals surface area contributed by atoms with Crippen LogP contribution in [0, 0.1) is 0 Å². The zero-order valence-electron chi connectivity index (χ0n) is 13.8. The molecule has 0 saturated carbocycles. The smallest absolute Gasteiger partial charge is 0.261 e. The molecule has 4 rings (SSSR count). The Morgan fingerprint density at radius 2 is 1.80 bits per heavy atom. The number of para-hydroxylation sites is 2. The lowest BCUT2D eigenvalue weighted by atomic mass is 10.2. The third-order valence-corrected chi connectivity index (χ3v) is 5.83. The number of hydrogen-bond donors (Lipinski definition) is 1. The Hall–Kier alpha value is -2.25. The van der Waals surface area contributed by atoms with E-state index in [0.717, 1.165) is 36.5 Å². The molecule has 25 heavy (non-hydrogen) atoms. The predicted molar refractivity (Wildman–Crippen MR) is 95.9 cm³/mol. The van der Waals surface area contributed by atoms with Gasteiger partial charge in [-0.15, -0.1) is 0 Å². The summed E-state index contributed by atoms with van der Waals surface area (Å²) in [6.07, 6.45) is 0.739. The van der Waals surface area contributed by atoms with Gasteiger partial charge in [0, 0.05) is 19.5 Å². The highest BCUT2D eigenvalue weighted by Crippen LogP contribution is 2.31. The van der Waals surface area contributed by atoms with Gasteiger partial charge in [0.15, 0.2) is 0 Å². The summed E-state index contributed by atoms with van der Waals surface area (Å²) in [6, 6.07) is 12.5. The van der Waals surface area contributed by atoms with E-state index in [1.165, 1.54) is 0 Å². The molecule has 1 saturated heterocycles. The number of nitrogens with zero attached hydrogens (tertiary/aromatic N) is 1. The third-order valence-electron chi connectivity index (χ3n) is 4.47. The number of hydrogen-bond acceptors (Lipinski definition) is 5. The fourth-order valence-corrected chi connectivity index (χ4v) is 4.30. The number of anilines is 2. The SMILES string of the molecule is O=S(=O)(Nc1ccccc1N1CCOCC1)c1ccc2c(c1)CCO2. The highest BCUT2D eigenvalue weighted by atomic mass is 32.2. The van der Waals surface area contributed by atoms with Crippen molar-refractivity contribution in [3.63, 3.8) is 0 Å². The van der Waals surface area contributed by atoms with Crippen molar-refractivity contribution >= 4 is 21.4 Å². The van der Waals surface area contributed by atoms with Gasteiger partial charge in [-0.2, -0.15) is 0 Å². The molecule has 2 aromatic carbocycles. The minimum Gasteiger partial charge on any atom is -0.493 e. The Morgan fingerprint density at radius 1 is 1.00 bits per heavy atom. The number of morpholine rings is 1. The van der Waals surface area contributed by atoms with Crippen molar-refractivity contribution in [3.8, 4) is 5.75 Å². The molecule has 7 heteroatoms. The summed E-state index contributed by atoms with van der Waals surface area (Å²) in [4.78, 5) is 2.39. The Morgan fingerprint density at radius 3 is 2.64 bits per heavy atom. The van der Waals surface area contributed by atoms with Gasteiger partial charge in [0.05, 0.1) is 36.1 Å². The summed E-state index contributed by atoms with van der Waals surface area (Å²) in [5.74, 6) is 0.771. The molecule has 0 bridgehead atoms. The largest absolute Gasteiger partial charge is 0.493 e. The highest BCUT2D eigenvalue weighted by molar-refractivity contribution is 7.92. The maximum Gasteiger partial charge on any atom is 0.261 e. The van der Waals surface area contributed by atoms with Crippen molar-refractivity contribution in [2.75, 3.05) is 42.5 Å². The van der Waals surface area contributed by atoms with Crippen molar-refractivity contribution in [3.05, 3.63) is 48.0 Å².